The molecule has 3 saturated carbocycles. The molecule has 6 aliphatic carbocycles. The lowest BCUT2D eigenvalue weighted by molar-refractivity contribution is -0.114. The molecular weight excluding hydrogens is 1160 g/mol. The number of aromatic nitrogens is 1. The lowest BCUT2D eigenvalue weighted by atomic mass is 9.59. The Bertz CT molecular complexity index is 3510. The van der Waals surface area contributed by atoms with E-state index in [1.807, 2.05) is 47.2 Å². The maximum absolute atomic E-state index is 14.5. The number of allylic oxidation sites excluding steroid dienone is 3. The Balaban J connectivity index is 0.899. The number of nitrogens with one attached hydrogen (secondary N) is 1. The van der Waals surface area contributed by atoms with E-state index in [-0.39, 0.29) is 95.8 Å². The highest BCUT2D eigenvalue weighted by atomic mass is 33.1. The average Bonchev–Trinajstić information content (AvgIpc) is 1.76. The highest BCUT2D eigenvalue weighted by Gasteiger charge is 2.61. The molecule has 13 rings (SSSR count). The summed E-state index contributed by atoms with van der Waals surface area (Å²) in [5.74, 6) is 9.45. The lowest BCUT2D eigenvalue weighted by Gasteiger charge is -2.48. The number of ether oxygens (including phenoxy) is 1. The van der Waals surface area contributed by atoms with Crippen molar-refractivity contribution in [1.29, 1.82) is 0 Å². The number of aliphatic hydroxyl groups excluding tert-OH is 1. The molecule has 87 heavy (non-hydrogen) atoms. The number of H-pyrrole nitrogens is 1. The van der Waals surface area contributed by atoms with Gasteiger partial charge in [0.1, 0.15) is 5.75 Å². The van der Waals surface area contributed by atoms with Crippen molar-refractivity contribution in [3.8, 4) is 29.1 Å². The number of Topliss-reactive ketones (excluding diaryl/α,β-unsaturated/α-hetero) is 1. The Hall–Kier alpha value is -4.86. The van der Waals surface area contributed by atoms with Crippen molar-refractivity contribution >= 4 is 54.7 Å². The smallest absolute Gasteiger partial charge is 0.165 e. The topological polar surface area (TPSA) is 212 Å². The van der Waals surface area contributed by atoms with Crippen molar-refractivity contribution in [2.75, 3.05) is 24.7 Å². The molecule has 11 nitrogen and oxygen atoms in total. The normalized spacial score (nSPS) is 32.6. The number of aromatic amines is 1. The van der Waals surface area contributed by atoms with Crippen LogP contribution in [0.4, 0.5) is 0 Å². The Morgan fingerprint density at radius 1 is 0.770 bits per heavy atom. The van der Waals surface area contributed by atoms with Gasteiger partial charge >= 0.3 is 0 Å². The third-order valence-corrected chi connectivity index (χ3v) is 27.2. The van der Waals surface area contributed by atoms with Gasteiger partial charge < -0.3 is 46.7 Å². The molecule has 10 N–H and O–H groups in total. The van der Waals surface area contributed by atoms with Gasteiger partial charge in [-0.05, 0) is 186 Å². The van der Waals surface area contributed by atoms with Crippen LogP contribution in [0.3, 0.4) is 0 Å². The molecule has 0 saturated heterocycles. The number of rotatable bonds is 3. The number of fused-ring (bicyclic) bond motifs is 14. The molecule has 15 heteroatoms. The van der Waals surface area contributed by atoms with Crippen LogP contribution in [0.25, 0.3) is 0 Å². The van der Waals surface area contributed by atoms with E-state index < -0.39 is 28.7 Å². The van der Waals surface area contributed by atoms with Gasteiger partial charge in [0.15, 0.2) is 23.1 Å². The number of carbonyl (C=O) groups is 2. The highest BCUT2D eigenvalue weighted by Crippen LogP contribution is 2.64. The van der Waals surface area contributed by atoms with Crippen molar-refractivity contribution in [3.63, 3.8) is 0 Å². The van der Waals surface area contributed by atoms with Gasteiger partial charge in [0.25, 0.3) is 0 Å². The molecule has 3 heterocycles. The first-order valence-corrected chi connectivity index (χ1v) is 36.8. The van der Waals surface area contributed by atoms with Gasteiger partial charge in [0.05, 0.1) is 42.3 Å². The molecular formula is C72H83N3O8S4. The second kappa shape index (κ2) is 25.8. The van der Waals surface area contributed by atoms with Gasteiger partial charge in [-0.2, -0.15) is 0 Å². The molecule has 2 aliphatic heterocycles. The SMILES string of the molecule is NC(N)c1cc2c3cc1CSSC[C@H]1C[C@@]4(/C=C/C(=O)CCc5ccc(O)c(c5)OCCc5ccc(O)c(c5)[C@@H]3CC(=O)c3cc[nH]c3CC#C2)C[C@]1(O)[C@H]1C=C[C@H]4C[C@H]2C[C@@](O)(C3CCCC3)CCC[C@@H]3[C@H]2Cc2ccccc2[C@H](CO)[C@H]3CSS1. The quantitative estimate of drug-likeness (QED) is 0.0366. The fourth-order valence-electron chi connectivity index (χ4n) is 17.4. The number of hydrogen-bond donors (Lipinski definition) is 8. The number of aliphatic hydroxyl groups is 3. The number of ketones is 2. The zero-order valence-electron chi connectivity index (χ0n) is 49.5. The number of phenols is 2. The van der Waals surface area contributed by atoms with E-state index in [0.717, 1.165) is 103 Å². The Labute approximate surface area is 528 Å². The summed E-state index contributed by atoms with van der Waals surface area (Å²) in [4.78, 5) is 32.3. The summed E-state index contributed by atoms with van der Waals surface area (Å²) in [5, 5.41) is 61.4. The van der Waals surface area contributed by atoms with Crippen molar-refractivity contribution in [2.45, 2.75) is 149 Å². The zero-order valence-corrected chi connectivity index (χ0v) is 52.8. The van der Waals surface area contributed by atoms with Crippen LogP contribution in [0.1, 0.15) is 168 Å². The van der Waals surface area contributed by atoms with E-state index in [9.17, 15) is 35.1 Å². The van der Waals surface area contributed by atoms with Crippen LogP contribution in [0.2, 0.25) is 0 Å². The van der Waals surface area contributed by atoms with E-state index >= 15 is 0 Å². The summed E-state index contributed by atoms with van der Waals surface area (Å²) in [7, 11) is 7.07. The largest absolute Gasteiger partial charge is 0.508 e. The summed E-state index contributed by atoms with van der Waals surface area (Å²) in [5.41, 5.74) is 20.2. The minimum Gasteiger partial charge on any atom is -0.508 e. The maximum Gasteiger partial charge on any atom is 0.165 e. The van der Waals surface area contributed by atoms with Crippen LogP contribution in [-0.2, 0) is 36.2 Å². The maximum atomic E-state index is 14.5. The second-order valence-corrected chi connectivity index (χ2v) is 31.8. The molecule has 5 aromatic rings. The molecule has 3 fully saturated rings. The van der Waals surface area contributed by atoms with Crippen molar-refractivity contribution < 1.29 is 39.9 Å². The van der Waals surface area contributed by atoms with Crippen LogP contribution in [0.5, 0.6) is 17.2 Å². The van der Waals surface area contributed by atoms with Gasteiger partial charge in [0, 0.05) is 76.9 Å². The van der Waals surface area contributed by atoms with Crippen LogP contribution in [0, 0.1) is 58.7 Å². The first kappa shape index (κ1) is 61.0. The first-order chi connectivity index (χ1) is 42.2. The predicted molar refractivity (Wildman–Crippen MR) is 352 cm³/mol. The van der Waals surface area contributed by atoms with Crippen molar-refractivity contribution in [2.24, 2.45) is 58.3 Å². The molecule has 1 spiro atoms. The molecule has 8 aliphatic rings. The molecule has 4 aromatic carbocycles. The number of phenolic OH excluding ortho intramolecular Hbond substituents is 2. The molecule has 0 amide bonds. The van der Waals surface area contributed by atoms with Gasteiger partial charge in [-0.1, -0.05) is 141 Å². The monoisotopic (exact) mass is 1250 g/mol. The third-order valence-electron chi connectivity index (χ3n) is 21.9. The second-order valence-electron chi connectivity index (χ2n) is 26.8. The van der Waals surface area contributed by atoms with Gasteiger partial charge in [0.2, 0.25) is 0 Å². The summed E-state index contributed by atoms with van der Waals surface area (Å²) in [6.07, 6.45) is 22.0. The molecule has 1 aromatic heterocycles. The van der Waals surface area contributed by atoms with Gasteiger partial charge in [-0.15, -0.1) is 0 Å². The Morgan fingerprint density at radius 2 is 1.60 bits per heavy atom. The highest BCUT2D eigenvalue weighted by molar-refractivity contribution is 8.77. The number of hydrogen-bond acceptors (Lipinski definition) is 14. The van der Waals surface area contributed by atoms with Crippen molar-refractivity contribution in [1.82, 2.24) is 4.98 Å². The first-order valence-electron chi connectivity index (χ1n) is 31.9. The van der Waals surface area contributed by atoms with Crippen LogP contribution >= 0.6 is 43.2 Å². The summed E-state index contributed by atoms with van der Waals surface area (Å²) in [6, 6.07) is 25.4. The van der Waals surface area contributed by atoms with E-state index in [4.69, 9.17) is 16.2 Å². The van der Waals surface area contributed by atoms with E-state index in [1.165, 1.54) is 11.1 Å². The lowest BCUT2D eigenvalue weighted by Crippen LogP contribution is -2.45. The van der Waals surface area contributed by atoms with E-state index in [2.05, 4.69) is 65.4 Å². The summed E-state index contributed by atoms with van der Waals surface area (Å²) in [6.45, 7) is 0.286. The fourth-order valence-corrected chi connectivity index (χ4v) is 23.2. The van der Waals surface area contributed by atoms with E-state index in [1.54, 1.807) is 56.8 Å². The molecule has 15 bridgehead atoms. The zero-order chi connectivity index (χ0) is 60.0. The fraction of sp³-hybridized carbons (Fsp3) is 0.500. The van der Waals surface area contributed by atoms with E-state index in [0.29, 0.717) is 72.0 Å². The number of aromatic hydroxyl groups is 2. The van der Waals surface area contributed by atoms with Crippen molar-refractivity contribution in [3.05, 3.63) is 171 Å². The Kier molecular flexibility index (Phi) is 18.1. The Morgan fingerprint density at radius 3 is 2.44 bits per heavy atom. The van der Waals surface area contributed by atoms with Crippen LogP contribution in [-0.4, -0.2) is 83.3 Å². The van der Waals surface area contributed by atoms with Crippen LogP contribution < -0.4 is 16.2 Å². The standard InChI is InChI=1S/C72H83N3O8S4/c73-69(74)58-33-46-8-5-13-63-55(23-27-75-63)66(80)35-59-56(46)34-48(58)39-84-85-40-51-37-70(26-22-52(77)18-14-43-16-20-65(79)67(30-43)83-28-24-44-15-19-64(78)60(59)29-44)42-72(51,82)68-21-17-50(70)31-47-36-71(81,49-9-2-3-10-49)25-6-12-54-57(47)32-45-7-1-4-11-53(45)61(38-76)62(54)41-86-87-68/h1,4,7,11,15-17,19-23,26-27,29-30,33-34,47,49-51,54,57,59,61-62,68-69,75-76,78-79,81-82H,2-3,6,9-10,12-14,18,24-25,28,31-32,35-42,73-74H2/b26-22+/t47-,50-,51+,54+,57-,59+,61-,62-,68+,70-,71+,72+/m0/s1. The minimum absolute atomic E-state index is 0.00260. The number of benzene rings is 4. The number of nitrogens with two attached hydrogens (primary N) is 2. The molecule has 0 unspecified atom stereocenters. The predicted octanol–water partition coefficient (Wildman–Crippen LogP) is 13.0. The molecule has 0 radical (unpaired) electrons. The number of aryl methyl sites for hydroxylation is 1. The minimum atomic E-state index is -1.15. The molecule has 458 valence electrons. The number of carbonyl (C=O) groups excluding carboxylic acids is 2. The van der Waals surface area contributed by atoms with Gasteiger partial charge in [-0.25, -0.2) is 0 Å². The summed E-state index contributed by atoms with van der Waals surface area (Å²) < 4.78 is 6.30. The summed E-state index contributed by atoms with van der Waals surface area (Å²) >= 11 is 0. The van der Waals surface area contributed by atoms with Gasteiger partial charge in [-0.3, -0.25) is 9.59 Å². The van der Waals surface area contributed by atoms with Crippen LogP contribution in [0.15, 0.2) is 109 Å². The third kappa shape index (κ3) is 12.3. The molecule has 12 atom stereocenters. The average molecular weight is 1250 g/mol.